The summed E-state index contributed by atoms with van der Waals surface area (Å²) >= 11 is 12.8. The monoisotopic (exact) mass is 678 g/mol. The molecule has 3 aromatic rings. The van der Waals surface area contributed by atoms with Crippen LogP contribution in [-0.2, 0) is 27.1 Å². The van der Waals surface area contributed by atoms with Crippen LogP contribution in [0.1, 0.15) is 46.0 Å². The number of benzene rings is 2. The number of pyridine rings is 1. The molecule has 2 fully saturated rings. The van der Waals surface area contributed by atoms with Crippen molar-refractivity contribution in [2.45, 2.75) is 38.4 Å². The molecule has 5 rings (SSSR count). The molecule has 2 heterocycles. The number of Topliss-reactive ketones (excluding diaryl/α,β-unsaturated/α-hetero) is 1. The second-order valence-electron chi connectivity index (χ2n) is 11.1. The number of alkyl halides is 2. The van der Waals surface area contributed by atoms with Crippen LogP contribution in [-0.4, -0.2) is 74.8 Å². The van der Waals surface area contributed by atoms with Gasteiger partial charge in [-0.05, 0) is 60.2 Å². The van der Waals surface area contributed by atoms with Gasteiger partial charge in [0.2, 0.25) is 0 Å². The molecule has 246 valence electrons. The maximum Gasteiger partial charge on any atom is 0.387 e. The normalized spacial score (nSPS) is 15.8. The predicted octanol–water partition coefficient (Wildman–Crippen LogP) is 6.37. The zero-order valence-electron chi connectivity index (χ0n) is 25.2. The van der Waals surface area contributed by atoms with Gasteiger partial charge in [0.25, 0.3) is 0 Å². The molecule has 9 nitrogen and oxygen atoms in total. The number of halogens is 4. The largest absolute Gasteiger partial charge is 0.496 e. The number of ketones is 1. The van der Waals surface area contributed by atoms with E-state index >= 15 is 0 Å². The second kappa shape index (κ2) is 15.9. The minimum atomic E-state index is -3.05. The lowest BCUT2D eigenvalue weighted by atomic mass is 10.0. The Labute approximate surface area is 275 Å². The van der Waals surface area contributed by atoms with E-state index in [1.54, 1.807) is 18.2 Å². The third-order valence-corrected chi connectivity index (χ3v) is 8.38. The van der Waals surface area contributed by atoms with Crippen molar-refractivity contribution in [2.75, 3.05) is 46.6 Å². The second-order valence-corrected chi connectivity index (χ2v) is 12.0. The minimum Gasteiger partial charge on any atom is -0.496 e. The lowest BCUT2D eigenvalue weighted by Gasteiger charge is -2.25. The molecule has 13 heteroatoms. The van der Waals surface area contributed by atoms with E-state index in [2.05, 4.69) is 9.72 Å². The molecule has 0 bridgehead atoms. The lowest BCUT2D eigenvalue weighted by Crippen LogP contribution is -2.39. The van der Waals surface area contributed by atoms with E-state index in [9.17, 15) is 18.4 Å². The highest BCUT2D eigenvalue weighted by Gasteiger charge is 2.27. The van der Waals surface area contributed by atoms with Gasteiger partial charge in [0.1, 0.15) is 11.9 Å². The highest BCUT2D eigenvalue weighted by Crippen LogP contribution is 2.38. The molecule has 2 aromatic carbocycles. The molecule has 2 aliphatic rings. The molecule has 1 aliphatic carbocycles. The van der Waals surface area contributed by atoms with E-state index in [1.807, 2.05) is 4.90 Å². The Kier molecular flexibility index (Phi) is 11.7. The van der Waals surface area contributed by atoms with Crippen LogP contribution in [0.2, 0.25) is 10.0 Å². The van der Waals surface area contributed by atoms with Gasteiger partial charge in [-0.25, -0.2) is 4.79 Å². The van der Waals surface area contributed by atoms with Crippen LogP contribution in [0.15, 0.2) is 48.8 Å². The molecule has 0 radical (unpaired) electrons. The number of hydrogen-bond acceptors (Lipinski definition) is 9. The zero-order chi connectivity index (χ0) is 32.6. The average molecular weight is 680 g/mol. The predicted molar refractivity (Wildman–Crippen MR) is 166 cm³/mol. The molecular weight excluding hydrogens is 645 g/mol. The Balaban J connectivity index is 1.41. The van der Waals surface area contributed by atoms with Crippen molar-refractivity contribution in [3.05, 3.63) is 81.1 Å². The van der Waals surface area contributed by atoms with E-state index < -0.39 is 18.7 Å². The number of rotatable bonds is 15. The number of carbonyl (C=O) groups excluding carboxylic acids is 2. The number of aromatic nitrogens is 1. The van der Waals surface area contributed by atoms with Gasteiger partial charge in [0.15, 0.2) is 17.3 Å². The van der Waals surface area contributed by atoms with Gasteiger partial charge in [-0.15, -0.1) is 0 Å². The lowest BCUT2D eigenvalue weighted by molar-refractivity contribution is -0.120. The van der Waals surface area contributed by atoms with Crippen molar-refractivity contribution in [3.8, 4) is 17.2 Å². The summed E-state index contributed by atoms with van der Waals surface area (Å²) < 4.78 is 53.8. The van der Waals surface area contributed by atoms with E-state index in [-0.39, 0.29) is 52.3 Å². The molecule has 1 aliphatic heterocycles. The topological polar surface area (TPSA) is 96.4 Å². The van der Waals surface area contributed by atoms with Crippen LogP contribution in [0, 0.1) is 5.92 Å². The van der Waals surface area contributed by atoms with Crippen molar-refractivity contribution >= 4 is 35.0 Å². The van der Waals surface area contributed by atoms with E-state index in [0.29, 0.717) is 61.3 Å². The zero-order valence-corrected chi connectivity index (χ0v) is 26.7. The van der Waals surface area contributed by atoms with E-state index in [4.69, 9.17) is 42.1 Å². The Hall–Kier alpha value is -3.51. The summed E-state index contributed by atoms with van der Waals surface area (Å²) in [5.41, 5.74) is 1.65. The molecule has 0 spiro atoms. The van der Waals surface area contributed by atoms with Gasteiger partial charge < -0.3 is 23.7 Å². The number of esters is 1. The maximum atomic E-state index is 13.7. The summed E-state index contributed by atoms with van der Waals surface area (Å²) in [6, 6.07) is 9.12. The fourth-order valence-corrected chi connectivity index (χ4v) is 5.61. The van der Waals surface area contributed by atoms with Gasteiger partial charge >= 0.3 is 12.6 Å². The molecule has 0 amide bonds. The number of carbonyl (C=O) groups is 2. The first-order valence-corrected chi connectivity index (χ1v) is 15.6. The van der Waals surface area contributed by atoms with E-state index in [1.165, 1.54) is 37.7 Å². The standard InChI is InChI=1S/C33H34Cl2F2N2O7/c1-42-28-6-5-22(12-23(28)13-24(40)18-39-8-10-43-11-9-39)32(41)45-30(15-25-26(34)16-38-17-27(25)35)21-4-7-29(46-33(36)37)31(14-21)44-19-20-2-3-20/h4-7,12,14,16-17,20,30,33H,2-3,8-11,13,15,18-19H2,1H3/t30-/m0/s1. The van der Waals surface area contributed by atoms with Crippen molar-refractivity contribution in [1.29, 1.82) is 0 Å². The SMILES string of the molecule is COc1ccc(C(=O)O[C@@H](Cc2c(Cl)cncc2Cl)c2ccc(OC(F)F)c(OCC3CC3)c2)cc1CC(=O)CN1CCOCC1. The Morgan fingerprint density at radius 1 is 1.02 bits per heavy atom. The van der Waals surface area contributed by atoms with Crippen LogP contribution >= 0.6 is 23.2 Å². The third kappa shape index (κ3) is 9.28. The van der Waals surface area contributed by atoms with Crippen molar-refractivity contribution in [3.63, 3.8) is 0 Å². The van der Waals surface area contributed by atoms with Crippen LogP contribution in [0.3, 0.4) is 0 Å². The molecule has 1 saturated heterocycles. The van der Waals surface area contributed by atoms with Crippen LogP contribution in [0.5, 0.6) is 17.2 Å². The fraction of sp³-hybridized carbons (Fsp3) is 0.424. The summed E-state index contributed by atoms with van der Waals surface area (Å²) in [5, 5.41) is 0.531. The number of nitrogens with zero attached hydrogens (tertiary/aromatic N) is 2. The van der Waals surface area contributed by atoms with Gasteiger partial charge in [0, 0.05) is 43.9 Å². The molecule has 1 aromatic heterocycles. The first kappa shape index (κ1) is 33.8. The van der Waals surface area contributed by atoms with Crippen LogP contribution in [0.4, 0.5) is 8.78 Å². The van der Waals surface area contributed by atoms with Gasteiger partial charge in [-0.1, -0.05) is 29.3 Å². The Bertz CT molecular complexity index is 1510. The fourth-order valence-electron chi connectivity index (χ4n) is 5.09. The minimum absolute atomic E-state index is 0.0320. The molecule has 0 unspecified atom stereocenters. The smallest absolute Gasteiger partial charge is 0.387 e. The molecule has 1 atom stereocenters. The molecule has 0 N–H and O–H groups in total. The highest BCUT2D eigenvalue weighted by molar-refractivity contribution is 6.35. The first-order chi connectivity index (χ1) is 22.2. The van der Waals surface area contributed by atoms with Crippen LogP contribution in [0.25, 0.3) is 0 Å². The maximum absolute atomic E-state index is 13.7. The van der Waals surface area contributed by atoms with Crippen molar-refractivity contribution in [2.24, 2.45) is 5.92 Å². The summed E-state index contributed by atoms with van der Waals surface area (Å²) in [5.74, 6) is 0.0516. The third-order valence-electron chi connectivity index (χ3n) is 7.73. The average Bonchev–Trinajstić information content (AvgIpc) is 3.86. The van der Waals surface area contributed by atoms with Gasteiger partial charge in [-0.3, -0.25) is 14.7 Å². The summed E-state index contributed by atoms with van der Waals surface area (Å²) in [4.78, 5) is 32.6. The van der Waals surface area contributed by atoms with E-state index in [0.717, 1.165) is 12.8 Å². The summed E-state index contributed by atoms with van der Waals surface area (Å²) in [7, 11) is 1.49. The van der Waals surface area contributed by atoms with Gasteiger partial charge in [-0.2, -0.15) is 8.78 Å². The molecular formula is C33H34Cl2F2N2O7. The number of morpholine rings is 1. The number of hydrogen-bond donors (Lipinski definition) is 0. The molecule has 1 saturated carbocycles. The van der Waals surface area contributed by atoms with Crippen molar-refractivity contribution in [1.82, 2.24) is 9.88 Å². The number of ether oxygens (including phenoxy) is 5. The Morgan fingerprint density at radius 3 is 2.41 bits per heavy atom. The summed E-state index contributed by atoms with van der Waals surface area (Å²) in [6.45, 7) is 0.0370. The quantitative estimate of drug-likeness (QED) is 0.170. The highest BCUT2D eigenvalue weighted by atomic mass is 35.5. The first-order valence-electron chi connectivity index (χ1n) is 14.9. The van der Waals surface area contributed by atoms with Crippen LogP contribution < -0.4 is 14.2 Å². The molecule has 46 heavy (non-hydrogen) atoms. The van der Waals surface area contributed by atoms with Gasteiger partial charge in [0.05, 0.1) is 49.1 Å². The number of methoxy groups -OCH3 is 1. The Morgan fingerprint density at radius 2 is 1.74 bits per heavy atom. The summed E-state index contributed by atoms with van der Waals surface area (Å²) in [6.07, 6.45) is 3.97. The van der Waals surface area contributed by atoms with Crippen molar-refractivity contribution < 1.29 is 42.1 Å².